The van der Waals surface area contributed by atoms with Gasteiger partial charge < -0.3 is 14.4 Å². The summed E-state index contributed by atoms with van der Waals surface area (Å²) in [5.41, 5.74) is 0. The van der Waals surface area contributed by atoms with Gasteiger partial charge in [-0.2, -0.15) is 0 Å². The molecule has 0 spiro atoms. The van der Waals surface area contributed by atoms with E-state index >= 15 is 0 Å². The highest BCUT2D eigenvalue weighted by Gasteiger charge is 2.22. The second kappa shape index (κ2) is 9.33. The highest BCUT2D eigenvalue weighted by atomic mass is 16.5. The molecule has 7 nitrogen and oxygen atoms in total. The van der Waals surface area contributed by atoms with Gasteiger partial charge in [-0.3, -0.25) is 19.3 Å². The normalized spacial score (nSPS) is 15.5. The Balaban J connectivity index is 2.58. The van der Waals surface area contributed by atoms with Crippen molar-refractivity contribution < 1.29 is 23.9 Å². The van der Waals surface area contributed by atoms with Crippen LogP contribution in [0.4, 0.5) is 0 Å². The molecule has 0 N–H and O–H groups in total. The van der Waals surface area contributed by atoms with E-state index in [-0.39, 0.29) is 25.5 Å². The maximum absolute atomic E-state index is 12.3. The number of ether oxygens (including phenoxy) is 2. The van der Waals surface area contributed by atoms with Gasteiger partial charge >= 0.3 is 11.9 Å². The molecule has 1 fully saturated rings. The molecular weight excluding hydrogens is 276 g/mol. The van der Waals surface area contributed by atoms with Gasteiger partial charge in [0.05, 0.1) is 33.9 Å². The molecule has 0 unspecified atom stereocenters. The molecule has 0 aliphatic carbocycles. The molecule has 0 saturated carbocycles. The summed E-state index contributed by atoms with van der Waals surface area (Å²) >= 11 is 0. The number of rotatable bonds is 6. The second-order valence-electron chi connectivity index (χ2n) is 5.09. The van der Waals surface area contributed by atoms with E-state index in [2.05, 4.69) is 9.47 Å². The van der Waals surface area contributed by atoms with Gasteiger partial charge in [0.1, 0.15) is 0 Å². The first-order chi connectivity index (χ1) is 10.1. The van der Waals surface area contributed by atoms with E-state index in [1.807, 2.05) is 0 Å². The highest BCUT2D eigenvalue weighted by Crippen LogP contribution is 2.10. The molecule has 0 aromatic rings. The average Bonchev–Trinajstić information content (AvgIpc) is 2.75. The Labute approximate surface area is 125 Å². The van der Waals surface area contributed by atoms with Gasteiger partial charge in [-0.15, -0.1) is 0 Å². The van der Waals surface area contributed by atoms with Crippen molar-refractivity contribution in [1.29, 1.82) is 0 Å². The van der Waals surface area contributed by atoms with E-state index < -0.39 is 11.9 Å². The third-order valence-corrected chi connectivity index (χ3v) is 3.48. The van der Waals surface area contributed by atoms with Crippen molar-refractivity contribution in [1.82, 2.24) is 9.80 Å². The van der Waals surface area contributed by atoms with Crippen LogP contribution in [0.5, 0.6) is 0 Å². The summed E-state index contributed by atoms with van der Waals surface area (Å²) < 4.78 is 9.17. The third-order valence-electron chi connectivity index (χ3n) is 3.48. The highest BCUT2D eigenvalue weighted by molar-refractivity contribution is 5.81. The lowest BCUT2D eigenvalue weighted by Crippen LogP contribution is -2.44. The number of methoxy groups -OCH3 is 2. The van der Waals surface area contributed by atoms with Crippen LogP contribution in [0.3, 0.4) is 0 Å². The Morgan fingerprint density at radius 2 is 1.33 bits per heavy atom. The smallest absolute Gasteiger partial charge is 0.319 e. The first kappa shape index (κ1) is 17.4. The quantitative estimate of drug-likeness (QED) is 0.645. The van der Waals surface area contributed by atoms with Crippen LogP contribution in [-0.2, 0) is 23.9 Å². The van der Waals surface area contributed by atoms with Crippen molar-refractivity contribution in [2.24, 2.45) is 0 Å². The van der Waals surface area contributed by atoms with Crippen LogP contribution >= 0.6 is 0 Å². The standard InChI is InChI=1S/C14H24N2O5/c1-20-13(18)10-15(11-14(19)21-2)9-12(17)16-7-5-3-4-6-8-16/h3-11H2,1-2H3. The van der Waals surface area contributed by atoms with Crippen molar-refractivity contribution in [3.8, 4) is 0 Å². The van der Waals surface area contributed by atoms with Gasteiger partial charge in [0.2, 0.25) is 5.91 Å². The molecule has 0 aromatic heterocycles. The Morgan fingerprint density at radius 3 is 1.76 bits per heavy atom. The van der Waals surface area contributed by atoms with Gasteiger partial charge in [-0.25, -0.2) is 0 Å². The van der Waals surface area contributed by atoms with Crippen LogP contribution in [0.25, 0.3) is 0 Å². The minimum atomic E-state index is -0.484. The number of likely N-dealkylation sites (tertiary alicyclic amines) is 1. The SMILES string of the molecule is COC(=O)CN(CC(=O)OC)CC(=O)N1CCCCCC1. The first-order valence-electron chi connectivity index (χ1n) is 7.20. The Bertz CT molecular complexity index is 346. The molecule has 120 valence electrons. The zero-order valence-corrected chi connectivity index (χ0v) is 12.8. The van der Waals surface area contributed by atoms with Gasteiger partial charge in [-0.1, -0.05) is 12.8 Å². The summed E-state index contributed by atoms with van der Waals surface area (Å²) in [5, 5.41) is 0. The third kappa shape index (κ3) is 6.57. The molecule has 1 amide bonds. The zero-order valence-electron chi connectivity index (χ0n) is 12.8. The molecule has 0 radical (unpaired) electrons. The minimum Gasteiger partial charge on any atom is -0.468 e. The topological polar surface area (TPSA) is 76.1 Å². The number of carbonyl (C=O) groups is 3. The molecule has 1 aliphatic rings. The average molecular weight is 300 g/mol. The Morgan fingerprint density at radius 1 is 0.857 bits per heavy atom. The number of esters is 2. The number of hydrogen-bond acceptors (Lipinski definition) is 6. The van der Waals surface area contributed by atoms with Crippen LogP contribution in [0.15, 0.2) is 0 Å². The van der Waals surface area contributed by atoms with Gasteiger partial charge in [0.25, 0.3) is 0 Å². The summed E-state index contributed by atoms with van der Waals surface area (Å²) in [7, 11) is 2.55. The molecule has 1 heterocycles. The number of carbonyl (C=O) groups excluding carboxylic acids is 3. The summed E-state index contributed by atoms with van der Waals surface area (Å²) in [6, 6.07) is 0. The van der Waals surface area contributed by atoms with Crippen LogP contribution in [0.2, 0.25) is 0 Å². The maximum Gasteiger partial charge on any atom is 0.319 e. The minimum absolute atomic E-state index is 0.0181. The van der Waals surface area contributed by atoms with Gasteiger partial charge in [-0.05, 0) is 12.8 Å². The largest absolute Gasteiger partial charge is 0.468 e. The Kier molecular flexibility index (Phi) is 7.74. The maximum atomic E-state index is 12.3. The van der Waals surface area contributed by atoms with E-state index in [0.717, 1.165) is 38.8 Å². The fourth-order valence-electron chi connectivity index (χ4n) is 2.27. The monoisotopic (exact) mass is 300 g/mol. The molecular formula is C14H24N2O5. The van der Waals surface area contributed by atoms with Crippen molar-refractivity contribution in [3.63, 3.8) is 0 Å². The van der Waals surface area contributed by atoms with E-state index in [0.29, 0.717) is 0 Å². The van der Waals surface area contributed by atoms with Crippen LogP contribution in [0.1, 0.15) is 25.7 Å². The second-order valence-corrected chi connectivity index (χ2v) is 5.09. The molecule has 1 rings (SSSR count). The van der Waals surface area contributed by atoms with Gasteiger partial charge in [0, 0.05) is 13.1 Å². The Hall–Kier alpha value is -1.63. The van der Waals surface area contributed by atoms with E-state index in [1.54, 1.807) is 4.90 Å². The molecule has 7 heteroatoms. The fraction of sp³-hybridized carbons (Fsp3) is 0.786. The van der Waals surface area contributed by atoms with E-state index in [1.165, 1.54) is 19.1 Å². The molecule has 0 atom stereocenters. The zero-order chi connectivity index (χ0) is 15.7. The summed E-state index contributed by atoms with van der Waals surface area (Å²) in [5.74, 6) is -1.03. The molecule has 1 aliphatic heterocycles. The van der Waals surface area contributed by atoms with Crippen molar-refractivity contribution >= 4 is 17.8 Å². The number of hydrogen-bond donors (Lipinski definition) is 0. The first-order valence-corrected chi connectivity index (χ1v) is 7.20. The van der Waals surface area contributed by atoms with Crippen molar-refractivity contribution in [2.45, 2.75) is 25.7 Å². The molecule has 0 aromatic carbocycles. The predicted molar refractivity (Wildman–Crippen MR) is 75.5 cm³/mol. The molecule has 1 saturated heterocycles. The lowest BCUT2D eigenvalue weighted by Gasteiger charge is -2.25. The van der Waals surface area contributed by atoms with Crippen molar-refractivity contribution in [2.75, 3.05) is 46.9 Å². The van der Waals surface area contributed by atoms with Crippen LogP contribution < -0.4 is 0 Å². The molecule has 0 bridgehead atoms. The van der Waals surface area contributed by atoms with Gasteiger partial charge in [0.15, 0.2) is 0 Å². The summed E-state index contributed by atoms with van der Waals surface area (Å²) in [6.45, 7) is 1.28. The lowest BCUT2D eigenvalue weighted by molar-refractivity contribution is -0.146. The van der Waals surface area contributed by atoms with Crippen LogP contribution in [0, 0.1) is 0 Å². The number of nitrogens with zero attached hydrogens (tertiary/aromatic N) is 2. The van der Waals surface area contributed by atoms with E-state index in [4.69, 9.17) is 0 Å². The summed E-state index contributed by atoms with van der Waals surface area (Å²) in [4.78, 5) is 38.3. The van der Waals surface area contributed by atoms with Crippen LogP contribution in [-0.4, -0.2) is 74.6 Å². The van der Waals surface area contributed by atoms with E-state index in [9.17, 15) is 14.4 Å². The van der Waals surface area contributed by atoms with Crippen molar-refractivity contribution in [3.05, 3.63) is 0 Å². The molecule has 21 heavy (non-hydrogen) atoms. The fourth-order valence-corrected chi connectivity index (χ4v) is 2.27. The predicted octanol–water partition coefficient (Wildman–Crippen LogP) is 0.0370. The number of amides is 1. The summed E-state index contributed by atoms with van der Waals surface area (Å²) in [6.07, 6.45) is 4.27. The lowest BCUT2D eigenvalue weighted by atomic mass is 10.2.